The Balaban J connectivity index is 2.25. The average Bonchev–Trinajstić information content (AvgIpc) is 2.18. The summed E-state index contributed by atoms with van der Waals surface area (Å²) in [6, 6.07) is 0. The Labute approximate surface area is 87.2 Å². The van der Waals surface area contributed by atoms with E-state index in [0.717, 1.165) is 24.7 Å². The van der Waals surface area contributed by atoms with Crippen LogP contribution in [0.3, 0.4) is 0 Å². The highest BCUT2D eigenvalue weighted by atomic mass is 16.1. The molecule has 1 fully saturated rings. The Morgan fingerprint density at radius 1 is 1.36 bits per heavy atom. The lowest BCUT2D eigenvalue weighted by atomic mass is 9.78. The zero-order chi connectivity index (χ0) is 10.6. The second-order valence-electron chi connectivity index (χ2n) is 4.87. The molecule has 1 amide bonds. The summed E-state index contributed by atoms with van der Waals surface area (Å²) >= 11 is 0. The highest BCUT2D eigenvalue weighted by Gasteiger charge is 2.25. The van der Waals surface area contributed by atoms with E-state index in [1.165, 1.54) is 25.7 Å². The molecule has 0 aromatic carbocycles. The molecule has 1 aliphatic rings. The van der Waals surface area contributed by atoms with Crippen molar-refractivity contribution in [1.82, 2.24) is 0 Å². The molecule has 0 bridgehead atoms. The van der Waals surface area contributed by atoms with Gasteiger partial charge >= 0.3 is 0 Å². The second-order valence-corrected chi connectivity index (χ2v) is 4.87. The molecule has 2 nitrogen and oxygen atoms in total. The molecule has 2 heteroatoms. The Hall–Kier alpha value is -0.530. The Kier molecular flexibility index (Phi) is 4.43. The first-order valence-corrected chi connectivity index (χ1v) is 5.92. The van der Waals surface area contributed by atoms with Crippen molar-refractivity contribution in [2.24, 2.45) is 23.5 Å². The first kappa shape index (κ1) is 11.5. The van der Waals surface area contributed by atoms with E-state index < -0.39 is 0 Å². The average molecular weight is 197 g/mol. The molecule has 0 heterocycles. The number of amides is 1. The minimum atomic E-state index is -0.0908. The normalized spacial score (nSPS) is 29.9. The van der Waals surface area contributed by atoms with E-state index in [1.54, 1.807) is 0 Å². The fourth-order valence-corrected chi connectivity index (χ4v) is 2.42. The smallest absolute Gasteiger partial charge is 0.220 e. The predicted molar refractivity (Wildman–Crippen MR) is 58.7 cm³/mol. The summed E-state index contributed by atoms with van der Waals surface area (Å²) in [4.78, 5) is 11.0. The van der Waals surface area contributed by atoms with Gasteiger partial charge in [-0.3, -0.25) is 4.79 Å². The molecule has 0 radical (unpaired) electrons. The van der Waals surface area contributed by atoms with Gasteiger partial charge in [0.25, 0.3) is 0 Å². The van der Waals surface area contributed by atoms with Crippen molar-refractivity contribution in [3.05, 3.63) is 0 Å². The summed E-state index contributed by atoms with van der Waals surface area (Å²) in [6.45, 7) is 4.57. The summed E-state index contributed by atoms with van der Waals surface area (Å²) in [6.07, 6.45) is 7.07. The highest BCUT2D eigenvalue weighted by Crippen LogP contribution is 2.32. The van der Waals surface area contributed by atoms with Crippen molar-refractivity contribution in [3.8, 4) is 0 Å². The molecule has 1 rings (SSSR count). The first-order chi connectivity index (χ1) is 6.63. The van der Waals surface area contributed by atoms with Crippen LogP contribution in [0, 0.1) is 17.8 Å². The number of primary amides is 1. The van der Waals surface area contributed by atoms with Gasteiger partial charge in [-0.2, -0.15) is 0 Å². The van der Waals surface area contributed by atoms with Gasteiger partial charge in [-0.15, -0.1) is 0 Å². The van der Waals surface area contributed by atoms with E-state index in [-0.39, 0.29) is 11.8 Å². The third-order valence-electron chi connectivity index (χ3n) is 3.68. The number of carbonyl (C=O) groups is 1. The molecule has 2 N–H and O–H groups in total. The van der Waals surface area contributed by atoms with Crippen molar-refractivity contribution in [3.63, 3.8) is 0 Å². The van der Waals surface area contributed by atoms with Crippen molar-refractivity contribution in [1.29, 1.82) is 0 Å². The Morgan fingerprint density at radius 3 is 2.36 bits per heavy atom. The van der Waals surface area contributed by atoms with Gasteiger partial charge < -0.3 is 5.73 Å². The quantitative estimate of drug-likeness (QED) is 0.740. The van der Waals surface area contributed by atoms with E-state index in [2.05, 4.69) is 13.8 Å². The summed E-state index contributed by atoms with van der Waals surface area (Å²) in [5.41, 5.74) is 5.30. The standard InChI is InChI=1S/C12H23NO/c1-3-9(2)8-10-4-6-11(7-5-10)12(13)14/h9-11H,3-8H2,1-2H3,(H2,13,14)/t9?,10-,11+. The third-order valence-corrected chi connectivity index (χ3v) is 3.68. The summed E-state index contributed by atoms with van der Waals surface area (Å²) in [5, 5.41) is 0. The van der Waals surface area contributed by atoms with Crippen LogP contribution in [-0.2, 0) is 4.79 Å². The molecule has 0 aliphatic heterocycles. The lowest BCUT2D eigenvalue weighted by Gasteiger charge is -2.28. The van der Waals surface area contributed by atoms with Crippen molar-refractivity contribution in [2.45, 2.75) is 52.4 Å². The number of hydrogen-bond acceptors (Lipinski definition) is 1. The SMILES string of the molecule is CCC(C)C[C@H]1CC[C@@H](C(N)=O)CC1. The molecule has 0 saturated heterocycles. The maximum atomic E-state index is 11.0. The predicted octanol–water partition coefficient (Wildman–Crippen LogP) is 2.71. The van der Waals surface area contributed by atoms with E-state index in [1.807, 2.05) is 0 Å². The van der Waals surface area contributed by atoms with E-state index in [9.17, 15) is 4.79 Å². The van der Waals surface area contributed by atoms with Crippen molar-refractivity contribution in [2.75, 3.05) is 0 Å². The van der Waals surface area contributed by atoms with Crippen LogP contribution in [0.1, 0.15) is 52.4 Å². The molecular weight excluding hydrogens is 174 g/mol. The van der Waals surface area contributed by atoms with Crippen LogP contribution < -0.4 is 5.73 Å². The summed E-state index contributed by atoms with van der Waals surface area (Å²) in [5.74, 6) is 1.76. The highest BCUT2D eigenvalue weighted by molar-refractivity contribution is 5.76. The minimum absolute atomic E-state index is 0.0908. The second kappa shape index (κ2) is 5.38. The van der Waals surface area contributed by atoms with Gasteiger partial charge in [-0.05, 0) is 43.9 Å². The number of nitrogens with two attached hydrogens (primary N) is 1. The van der Waals surface area contributed by atoms with Crippen LogP contribution in [0.4, 0.5) is 0 Å². The van der Waals surface area contributed by atoms with E-state index in [4.69, 9.17) is 5.73 Å². The summed E-state index contributed by atoms with van der Waals surface area (Å²) < 4.78 is 0. The fourth-order valence-electron chi connectivity index (χ4n) is 2.42. The molecule has 82 valence electrons. The number of rotatable bonds is 4. The molecule has 0 aromatic heterocycles. The monoisotopic (exact) mass is 197 g/mol. The largest absolute Gasteiger partial charge is 0.369 e. The lowest BCUT2D eigenvalue weighted by molar-refractivity contribution is -0.123. The van der Waals surface area contributed by atoms with Crippen molar-refractivity contribution < 1.29 is 4.79 Å². The Bertz CT molecular complexity index is 183. The van der Waals surface area contributed by atoms with Crippen LogP contribution in [0.2, 0.25) is 0 Å². The fraction of sp³-hybridized carbons (Fsp3) is 0.917. The molecular formula is C12H23NO. The van der Waals surface area contributed by atoms with Gasteiger partial charge in [0, 0.05) is 5.92 Å². The number of hydrogen-bond donors (Lipinski definition) is 1. The topological polar surface area (TPSA) is 43.1 Å². The Morgan fingerprint density at radius 2 is 1.93 bits per heavy atom. The molecule has 1 aliphatic carbocycles. The molecule has 14 heavy (non-hydrogen) atoms. The van der Waals surface area contributed by atoms with Gasteiger partial charge in [0.15, 0.2) is 0 Å². The van der Waals surface area contributed by atoms with Gasteiger partial charge in [-0.1, -0.05) is 20.3 Å². The van der Waals surface area contributed by atoms with Gasteiger partial charge in [0.2, 0.25) is 5.91 Å². The van der Waals surface area contributed by atoms with Crippen LogP contribution in [-0.4, -0.2) is 5.91 Å². The van der Waals surface area contributed by atoms with E-state index in [0.29, 0.717) is 0 Å². The van der Waals surface area contributed by atoms with Crippen molar-refractivity contribution >= 4 is 5.91 Å². The minimum Gasteiger partial charge on any atom is -0.369 e. The molecule has 1 atom stereocenters. The zero-order valence-corrected chi connectivity index (χ0v) is 9.46. The molecule has 1 saturated carbocycles. The van der Waals surface area contributed by atoms with Crippen LogP contribution >= 0.6 is 0 Å². The molecule has 1 unspecified atom stereocenters. The van der Waals surface area contributed by atoms with E-state index >= 15 is 0 Å². The van der Waals surface area contributed by atoms with Gasteiger partial charge in [-0.25, -0.2) is 0 Å². The maximum Gasteiger partial charge on any atom is 0.220 e. The molecule has 0 spiro atoms. The molecule has 0 aromatic rings. The number of carbonyl (C=O) groups excluding carboxylic acids is 1. The van der Waals surface area contributed by atoms with Crippen LogP contribution in [0.15, 0.2) is 0 Å². The maximum absolute atomic E-state index is 11.0. The van der Waals surface area contributed by atoms with Gasteiger partial charge in [0.05, 0.1) is 0 Å². The van der Waals surface area contributed by atoms with Crippen LogP contribution in [0.25, 0.3) is 0 Å². The van der Waals surface area contributed by atoms with Gasteiger partial charge in [0.1, 0.15) is 0 Å². The zero-order valence-electron chi connectivity index (χ0n) is 9.46. The summed E-state index contributed by atoms with van der Waals surface area (Å²) in [7, 11) is 0. The third kappa shape index (κ3) is 3.32. The van der Waals surface area contributed by atoms with Crippen LogP contribution in [0.5, 0.6) is 0 Å². The lowest BCUT2D eigenvalue weighted by Crippen LogP contribution is -2.28. The first-order valence-electron chi connectivity index (χ1n) is 5.92.